The molecule has 10 heteroatoms. The number of carbonyl (C=O) groups is 3. The number of thioether (sulfide) groups is 1. The van der Waals surface area contributed by atoms with Crippen molar-refractivity contribution in [3.05, 3.63) is 46.0 Å². The first-order chi connectivity index (χ1) is 13.3. The number of carboxylic acids is 2. The third kappa shape index (κ3) is 4.16. The van der Waals surface area contributed by atoms with Gasteiger partial charge in [0.15, 0.2) is 0 Å². The summed E-state index contributed by atoms with van der Waals surface area (Å²) >= 11 is 12.3. The van der Waals surface area contributed by atoms with Gasteiger partial charge >= 0.3 is 11.9 Å². The summed E-state index contributed by atoms with van der Waals surface area (Å²) in [4.78, 5) is 40.6. The van der Waals surface area contributed by atoms with Crippen molar-refractivity contribution in [1.29, 1.82) is 0 Å². The van der Waals surface area contributed by atoms with E-state index in [-0.39, 0.29) is 15.6 Å². The van der Waals surface area contributed by atoms with Crippen LogP contribution in [-0.4, -0.2) is 48.3 Å². The van der Waals surface area contributed by atoms with E-state index in [0.717, 1.165) is 22.0 Å². The highest BCUT2D eigenvalue weighted by atomic mass is 35.5. The number of pyridine rings is 1. The second-order valence-corrected chi connectivity index (χ2v) is 7.97. The van der Waals surface area contributed by atoms with E-state index in [2.05, 4.69) is 4.98 Å². The van der Waals surface area contributed by atoms with Gasteiger partial charge in [-0.1, -0.05) is 53.8 Å². The standard InChI is InChI=1S/C18H13ClN2O5S2/c19-11-3-1-2-9-4-5-10(20-15(9)11)8-13-16(24)21(18(27)28-13)12(17(25)26)6-7-14(22)23/h1-5,8,12H,6-7H2,(H,22,23)(H,25,26)/b13-8-. The minimum atomic E-state index is -1.34. The van der Waals surface area contributed by atoms with E-state index in [1.807, 2.05) is 12.1 Å². The molecule has 2 N–H and O–H groups in total. The molecule has 7 nitrogen and oxygen atoms in total. The van der Waals surface area contributed by atoms with Crippen LogP contribution in [0.15, 0.2) is 35.2 Å². The SMILES string of the molecule is O=C(O)CCC(C(=O)O)N1C(=O)/C(=C/c2ccc3cccc(Cl)c3n2)SC1=S. The Bertz CT molecular complexity index is 1040. The fourth-order valence-electron chi connectivity index (χ4n) is 2.71. The van der Waals surface area contributed by atoms with Crippen molar-refractivity contribution in [2.45, 2.75) is 18.9 Å². The molecule has 0 radical (unpaired) electrons. The summed E-state index contributed by atoms with van der Waals surface area (Å²) in [5.74, 6) is -3.05. The molecule has 144 valence electrons. The minimum absolute atomic E-state index is 0.0628. The van der Waals surface area contributed by atoms with E-state index < -0.39 is 30.3 Å². The predicted octanol–water partition coefficient (Wildman–Crippen LogP) is 3.41. The number of aliphatic carboxylic acids is 2. The second kappa shape index (κ2) is 8.26. The van der Waals surface area contributed by atoms with E-state index in [4.69, 9.17) is 28.9 Å². The molecular weight excluding hydrogens is 424 g/mol. The van der Waals surface area contributed by atoms with Crippen LogP contribution in [0.2, 0.25) is 5.02 Å². The molecule has 1 fully saturated rings. The van der Waals surface area contributed by atoms with Crippen LogP contribution < -0.4 is 0 Å². The van der Waals surface area contributed by atoms with Crippen LogP contribution in [0.1, 0.15) is 18.5 Å². The number of hydrogen-bond acceptors (Lipinski definition) is 6. The number of aromatic nitrogens is 1. The Kier molecular flexibility index (Phi) is 5.97. The summed E-state index contributed by atoms with van der Waals surface area (Å²) in [6.45, 7) is 0. The average Bonchev–Trinajstić information content (AvgIpc) is 2.90. The fraction of sp³-hybridized carbons (Fsp3) is 0.167. The molecule has 1 aliphatic heterocycles. The van der Waals surface area contributed by atoms with Gasteiger partial charge in [-0.3, -0.25) is 14.5 Å². The van der Waals surface area contributed by atoms with Gasteiger partial charge in [0.25, 0.3) is 5.91 Å². The summed E-state index contributed by atoms with van der Waals surface area (Å²) in [7, 11) is 0. The number of nitrogens with zero attached hydrogens (tertiary/aromatic N) is 2. The maximum absolute atomic E-state index is 12.7. The summed E-state index contributed by atoms with van der Waals surface area (Å²) in [6, 6.07) is 7.56. The number of benzene rings is 1. The van der Waals surface area contributed by atoms with Crippen molar-refractivity contribution in [3.63, 3.8) is 0 Å². The zero-order chi connectivity index (χ0) is 20.4. The van der Waals surface area contributed by atoms with Crippen LogP contribution in [0.5, 0.6) is 0 Å². The second-order valence-electron chi connectivity index (χ2n) is 5.89. The van der Waals surface area contributed by atoms with E-state index in [1.165, 1.54) is 6.08 Å². The average molecular weight is 437 g/mol. The number of carboxylic acid groups (broad SMARTS) is 2. The molecule has 1 atom stereocenters. The number of amides is 1. The largest absolute Gasteiger partial charge is 0.481 e. The van der Waals surface area contributed by atoms with Gasteiger partial charge in [-0.05, 0) is 24.6 Å². The quantitative estimate of drug-likeness (QED) is 0.524. The maximum atomic E-state index is 12.7. The molecule has 3 rings (SSSR count). The lowest BCUT2D eigenvalue weighted by molar-refractivity contribution is -0.146. The van der Waals surface area contributed by atoms with Crippen LogP contribution in [0.3, 0.4) is 0 Å². The monoisotopic (exact) mass is 436 g/mol. The molecule has 0 spiro atoms. The first-order valence-corrected chi connectivity index (χ1v) is 9.65. The lowest BCUT2D eigenvalue weighted by Crippen LogP contribution is -2.44. The molecule has 1 aromatic carbocycles. The first-order valence-electron chi connectivity index (χ1n) is 8.05. The molecule has 1 aromatic heterocycles. The number of hydrogen-bond donors (Lipinski definition) is 2. The van der Waals surface area contributed by atoms with Gasteiger partial charge < -0.3 is 10.2 Å². The van der Waals surface area contributed by atoms with Gasteiger partial charge in [0, 0.05) is 11.8 Å². The van der Waals surface area contributed by atoms with Gasteiger partial charge in [-0.2, -0.15) is 0 Å². The maximum Gasteiger partial charge on any atom is 0.326 e. The molecule has 1 saturated heterocycles. The molecule has 0 aliphatic carbocycles. The Balaban J connectivity index is 1.91. The molecule has 2 heterocycles. The van der Waals surface area contributed by atoms with E-state index >= 15 is 0 Å². The zero-order valence-corrected chi connectivity index (χ0v) is 16.6. The summed E-state index contributed by atoms with van der Waals surface area (Å²) in [5, 5.41) is 19.5. The molecule has 1 amide bonds. The Hall–Kier alpha value is -2.49. The summed E-state index contributed by atoms with van der Waals surface area (Å²) < 4.78 is 0.0628. The van der Waals surface area contributed by atoms with E-state index in [0.29, 0.717) is 16.2 Å². The van der Waals surface area contributed by atoms with Crippen LogP contribution >= 0.6 is 35.6 Å². The molecular formula is C18H13ClN2O5S2. The van der Waals surface area contributed by atoms with Crippen LogP contribution in [-0.2, 0) is 14.4 Å². The minimum Gasteiger partial charge on any atom is -0.481 e. The highest BCUT2D eigenvalue weighted by Gasteiger charge is 2.40. The summed E-state index contributed by atoms with van der Waals surface area (Å²) in [5.41, 5.74) is 1.05. The first kappa shape index (κ1) is 20.2. The lowest BCUT2D eigenvalue weighted by atomic mass is 10.1. The highest BCUT2D eigenvalue weighted by Crippen LogP contribution is 2.35. The van der Waals surface area contributed by atoms with Crippen LogP contribution in [0.4, 0.5) is 0 Å². The molecule has 2 aromatic rings. The smallest absolute Gasteiger partial charge is 0.326 e. The van der Waals surface area contributed by atoms with Gasteiger partial charge in [0.05, 0.1) is 21.1 Å². The van der Waals surface area contributed by atoms with Crippen molar-refractivity contribution in [3.8, 4) is 0 Å². The Morgan fingerprint density at radius 3 is 2.71 bits per heavy atom. The number of carbonyl (C=O) groups excluding carboxylic acids is 1. The van der Waals surface area contributed by atoms with Crippen molar-refractivity contribution in [1.82, 2.24) is 9.88 Å². The number of fused-ring (bicyclic) bond motifs is 1. The third-order valence-electron chi connectivity index (χ3n) is 4.02. The third-order valence-corrected chi connectivity index (χ3v) is 5.66. The molecule has 1 aliphatic rings. The van der Waals surface area contributed by atoms with E-state index in [9.17, 15) is 19.5 Å². The fourth-order valence-corrected chi connectivity index (χ4v) is 4.28. The number of halogens is 1. The molecule has 1 unspecified atom stereocenters. The van der Waals surface area contributed by atoms with Crippen molar-refractivity contribution in [2.75, 3.05) is 0 Å². The molecule has 28 heavy (non-hydrogen) atoms. The van der Waals surface area contributed by atoms with E-state index in [1.54, 1.807) is 18.2 Å². The highest BCUT2D eigenvalue weighted by molar-refractivity contribution is 8.26. The summed E-state index contributed by atoms with van der Waals surface area (Å²) in [6.07, 6.45) is 0.879. The van der Waals surface area contributed by atoms with Gasteiger partial charge in [0.2, 0.25) is 0 Å². The Morgan fingerprint density at radius 1 is 1.29 bits per heavy atom. The Morgan fingerprint density at radius 2 is 2.04 bits per heavy atom. The van der Waals surface area contributed by atoms with Gasteiger partial charge in [-0.15, -0.1) is 0 Å². The molecule has 0 bridgehead atoms. The van der Waals surface area contributed by atoms with Crippen LogP contribution in [0.25, 0.3) is 17.0 Å². The normalized spacial score (nSPS) is 16.8. The van der Waals surface area contributed by atoms with Crippen molar-refractivity contribution in [2.24, 2.45) is 0 Å². The van der Waals surface area contributed by atoms with Gasteiger partial charge in [-0.25, -0.2) is 9.78 Å². The topological polar surface area (TPSA) is 108 Å². The number of thiocarbonyl (C=S) groups is 1. The predicted molar refractivity (Wildman–Crippen MR) is 110 cm³/mol. The van der Waals surface area contributed by atoms with Gasteiger partial charge in [0.1, 0.15) is 10.4 Å². The van der Waals surface area contributed by atoms with Crippen molar-refractivity contribution < 1.29 is 24.6 Å². The zero-order valence-electron chi connectivity index (χ0n) is 14.2. The Labute approximate surface area is 174 Å². The van der Waals surface area contributed by atoms with Crippen LogP contribution in [0, 0.1) is 0 Å². The van der Waals surface area contributed by atoms with Crippen molar-refractivity contribution >= 4 is 74.7 Å². The lowest BCUT2D eigenvalue weighted by Gasteiger charge is -2.22. The number of rotatable bonds is 6. The number of para-hydroxylation sites is 1. The molecule has 0 saturated carbocycles.